The number of hydrogen-bond donors (Lipinski definition) is 3. The summed E-state index contributed by atoms with van der Waals surface area (Å²) < 4.78 is 17.7. The fourth-order valence-electron chi connectivity index (χ4n) is 2.50. The zero-order valence-electron chi connectivity index (χ0n) is 16.1. The number of benzene rings is 1. The SMILES string of the molecule is CCOC(=O)c1nc(/C=C/c2ccc(CF)cc2)nc(Nc2cc(C)[nH]n2)c1N. The van der Waals surface area contributed by atoms with E-state index in [0.717, 1.165) is 11.3 Å². The number of carbonyl (C=O) groups excluding carboxylic acids is 1. The number of aromatic amines is 1. The van der Waals surface area contributed by atoms with Gasteiger partial charge in [-0.15, -0.1) is 0 Å². The number of nitrogen functional groups attached to an aromatic ring is 1. The fourth-order valence-corrected chi connectivity index (χ4v) is 2.50. The summed E-state index contributed by atoms with van der Waals surface area (Å²) in [7, 11) is 0. The summed E-state index contributed by atoms with van der Waals surface area (Å²) >= 11 is 0. The van der Waals surface area contributed by atoms with Crippen molar-refractivity contribution in [1.82, 2.24) is 20.2 Å². The van der Waals surface area contributed by atoms with Crippen molar-refractivity contribution in [1.29, 1.82) is 0 Å². The molecular weight excluding hydrogens is 375 g/mol. The van der Waals surface area contributed by atoms with Crippen LogP contribution in [0.15, 0.2) is 30.3 Å². The molecule has 2 aromatic heterocycles. The first-order valence-electron chi connectivity index (χ1n) is 8.96. The summed E-state index contributed by atoms with van der Waals surface area (Å²) in [5.74, 6) is 0.351. The molecule has 0 aliphatic rings. The molecule has 0 atom stereocenters. The summed E-state index contributed by atoms with van der Waals surface area (Å²) in [6.45, 7) is 3.22. The largest absolute Gasteiger partial charge is 0.461 e. The average Bonchev–Trinajstić information content (AvgIpc) is 3.13. The molecule has 0 fully saturated rings. The van der Waals surface area contributed by atoms with Gasteiger partial charge in [-0.3, -0.25) is 5.10 Å². The number of aryl methyl sites for hydroxylation is 1. The first kappa shape index (κ1) is 20.0. The van der Waals surface area contributed by atoms with Gasteiger partial charge in [-0.05, 0) is 31.1 Å². The van der Waals surface area contributed by atoms with Crippen LogP contribution in [0.25, 0.3) is 12.2 Å². The fraction of sp³-hybridized carbons (Fsp3) is 0.200. The number of nitrogens with one attached hydrogen (secondary N) is 2. The highest BCUT2D eigenvalue weighted by Gasteiger charge is 2.19. The Morgan fingerprint density at radius 3 is 2.66 bits per heavy atom. The monoisotopic (exact) mass is 396 g/mol. The molecule has 0 radical (unpaired) electrons. The van der Waals surface area contributed by atoms with E-state index < -0.39 is 12.6 Å². The Hall–Kier alpha value is -3.75. The molecule has 150 valence electrons. The molecule has 0 amide bonds. The minimum atomic E-state index is -0.643. The van der Waals surface area contributed by atoms with Crippen molar-refractivity contribution in [2.24, 2.45) is 0 Å². The molecule has 0 aliphatic carbocycles. The Bertz CT molecular complexity index is 1030. The smallest absolute Gasteiger partial charge is 0.359 e. The molecule has 0 unspecified atom stereocenters. The van der Waals surface area contributed by atoms with Crippen LogP contribution in [0, 0.1) is 6.92 Å². The average molecular weight is 396 g/mol. The molecule has 4 N–H and O–H groups in total. The Morgan fingerprint density at radius 1 is 1.28 bits per heavy atom. The van der Waals surface area contributed by atoms with Gasteiger partial charge in [0.15, 0.2) is 23.2 Å². The molecule has 0 aliphatic heterocycles. The van der Waals surface area contributed by atoms with E-state index in [2.05, 4.69) is 25.5 Å². The second kappa shape index (κ2) is 8.96. The molecule has 2 heterocycles. The number of nitrogens with zero attached hydrogens (tertiary/aromatic N) is 3. The molecule has 0 saturated heterocycles. The van der Waals surface area contributed by atoms with E-state index in [1.54, 1.807) is 49.4 Å². The van der Waals surface area contributed by atoms with Crippen molar-refractivity contribution in [3.63, 3.8) is 0 Å². The van der Waals surface area contributed by atoms with Gasteiger partial charge < -0.3 is 15.8 Å². The lowest BCUT2D eigenvalue weighted by Gasteiger charge is -2.11. The van der Waals surface area contributed by atoms with Crippen LogP contribution in [0.2, 0.25) is 0 Å². The van der Waals surface area contributed by atoms with Crippen LogP contribution in [0.1, 0.15) is 40.1 Å². The van der Waals surface area contributed by atoms with Gasteiger partial charge in [0.25, 0.3) is 0 Å². The van der Waals surface area contributed by atoms with E-state index >= 15 is 0 Å². The molecule has 1 aromatic carbocycles. The van der Waals surface area contributed by atoms with Crippen molar-refractivity contribution in [2.45, 2.75) is 20.5 Å². The van der Waals surface area contributed by atoms with Gasteiger partial charge in [0, 0.05) is 11.8 Å². The van der Waals surface area contributed by atoms with E-state index in [4.69, 9.17) is 10.5 Å². The van der Waals surface area contributed by atoms with Gasteiger partial charge in [-0.2, -0.15) is 5.10 Å². The molecule has 29 heavy (non-hydrogen) atoms. The lowest BCUT2D eigenvalue weighted by Crippen LogP contribution is -2.14. The normalized spacial score (nSPS) is 11.0. The summed E-state index contributed by atoms with van der Waals surface area (Å²) in [4.78, 5) is 20.9. The summed E-state index contributed by atoms with van der Waals surface area (Å²) in [6, 6.07) is 8.72. The van der Waals surface area contributed by atoms with Crippen LogP contribution in [0.5, 0.6) is 0 Å². The number of nitrogens with two attached hydrogens (primary N) is 1. The van der Waals surface area contributed by atoms with E-state index in [1.165, 1.54) is 0 Å². The quantitative estimate of drug-likeness (QED) is 0.522. The number of halogens is 1. The zero-order valence-corrected chi connectivity index (χ0v) is 16.1. The van der Waals surface area contributed by atoms with Crippen LogP contribution in [0.4, 0.5) is 21.7 Å². The first-order chi connectivity index (χ1) is 14.0. The Morgan fingerprint density at radius 2 is 2.03 bits per heavy atom. The number of aromatic nitrogens is 4. The van der Waals surface area contributed by atoms with Crippen molar-refractivity contribution in [3.05, 3.63) is 58.7 Å². The summed E-state index contributed by atoms with van der Waals surface area (Å²) in [5.41, 5.74) is 8.39. The Labute approximate surface area is 167 Å². The number of esters is 1. The van der Waals surface area contributed by atoms with Gasteiger partial charge in [0.05, 0.1) is 6.61 Å². The second-order valence-corrected chi connectivity index (χ2v) is 6.18. The maximum atomic E-state index is 12.6. The number of alkyl halides is 1. The lowest BCUT2D eigenvalue weighted by atomic mass is 10.1. The van der Waals surface area contributed by atoms with Gasteiger partial charge >= 0.3 is 5.97 Å². The minimum absolute atomic E-state index is 0.0379. The first-order valence-corrected chi connectivity index (χ1v) is 8.96. The molecule has 0 spiro atoms. The highest BCUT2D eigenvalue weighted by molar-refractivity contribution is 5.96. The number of rotatable bonds is 7. The van der Waals surface area contributed by atoms with E-state index in [9.17, 15) is 9.18 Å². The predicted molar refractivity (Wildman–Crippen MR) is 109 cm³/mol. The minimum Gasteiger partial charge on any atom is -0.461 e. The lowest BCUT2D eigenvalue weighted by molar-refractivity contribution is 0.0520. The van der Waals surface area contributed by atoms with E-state index in [0.29, 0.717) is 11.4 Å². The molecule has 3 rings (SSSR count). The van der Waals surface area contributed by atoms with Crippen molar-refractivity contribution < 1.29 is 13.9 Å². The maximum absolute atomic E-state index is 12.6. The van der Waals surface area contributed by atoms with Crippen LogP contribution >= 0.6 is 0 Å². The Balaban J connectivity index is 1.95. The highest BCUT2D eigenvalue weighted by atomic mass is 19.1. The third-order valence-corrected chi connectivity index (χ3v) is 3.94. The maximum Gasteiger partial charge on any atom is 0.359 e. The van der Waals surface area contributed by atoms with Crippen molar-refractivity contribution in [2.75, 3.05) is 17.7 Å². The molecule has 3 aromatic rings. The molecule has 0 saturated carbocycles. The summed E-state index contributed by atoms with van der Waals surface area (Å²) in [5, 5.41) is 9.88. The number of anilines is 3. The van der Waals surface area contributed by atoms with Crippen LogP contribution < -0.4 is 11.1 Å². The third-order valence-electron chi connectivity index (χ3n) is 3.94. The highest BCUT2D eigenvalue weighted by Crippen LogP contribution is 2.24. The van der Waals surface area contributed by atoms with Gasteiger partial charge in [-0.25, -0.2) is 19.2 Å². The molecular formula is C20H21FN6O2. The second-order valence-electron chi connectivity index (χ2n) is 6.18. The van der Waals surface area contributed by atoms with Crippen LogP contribution in [0.3, 0.4) is 0 Å². The zero-order chi connectivity index (χ0) is 20.8. The number of carbonyl (C=O) groups is 1. The van der Waals surface area contributed by atoms with Crippen LogP contribution in [-0.2, 0) is 11.4 Å². The predicted octanol–water partition coefficient (Wildman–Crippen LogP) is 3.65. The number of H-pyrrole nitrogens is 1. The Kier molecular flexibility index (Phi) is 6.18. The summed E-state index contributed by atoms with van der Waals surface area (Å²) in [6.07, 6.45) is 3.39. The van der Waals surface area contributed by atoms with Gasteiger partial charge in [-0.1, -0.05) is 30.3 Å². The van der Waals surface area contributed by atoms with E-state index in [-0.39, 0.29) is 29.6 Å². The van der Waals surface area contributed by atoms with Crippen LogP contribution in [-0.4, -0.2) is 32.7 Å². The van der Waals surface area contributed by atoms with Gasteiger partial charge in [0.1, 0.15) is 12.4 Å². The molecule has 9 heteroatoms. The topological polar surface area (TPSA) is 119 Å². The van der Waals surface area contributed by atoms with Gasteiger partial charge in [0.2, 0.25) is 0 Å². The van der Waals surface area contributed by atoms with Crippen molar-refractivity contribution in [3.8, 4) is 0 Å². The van der Waals surface area contributed by atoms with E-state index in [1.807, 2.05) is 6.92 Å². The standard InChI is InChI=1S/C20H21FN6O2/c1-3-29-20(28)18-17(22)19(25-16-10-12(2)26-27-16)24-15(23-18)9-8-13-4-6-14(11-21)7-5-13/h4-10H,3,11,22H2,1-2H3,(H2,23,24,25,26,27)/b9-8+. The molecule has 0 bridgehead atoms. The molecule has 8 nitrogen and oxygen atoms in total. The third kappa shape index (κ3) is 4.95. The number of ether oxygens (including phenoxy) is 1. The van der Waals surface area contributed by atoms with Crippen molar-refractivity contribution >= 4 is 35.4 Å². The number of hydrogen-bond acceptors (Lipinski definition) is 7.